The molecule has 1 atom stereocenters. The summed E-state index contributed by atoms with van der Waals surface area (Å²) >= 11 is 0. The molecule has 2 aliphatic heterocycles. The summed E-state index contributed by atoms with van der Waals surface area (Å²) < 4.78 is 44.0. The number of hydrogen-bond acceptors (Lipinski definition) is 8. The molecule has 37 heavy (non-hydrogen) atoms. The van der Waals surface area contributed by atoms with Crippen molar-refractivity contribution in [3.05, 3.63) is 53.1 Å². The highest BCUT2D eigenvalue weighted by Crippen LogP contribution is 2.38. The molecule has 0 aliphatic carbocycles. The van der Waals surface area contributed by atoms with Crippen LogP contribution in [0.4, 0.5) is 0 Å². The van der Waals surface area contributed by atoms with Gasteiger partial charge in [-0.25, -0.2) is 13.2 Å². The van der Waals surface area contributed by atoms with E-state index in [1.807, 2.05) is 0 Å². The van der Waals surface area contributed by atoms with Gasteiger partial charge in [0, 0.05) is 25.2 Å². The SMILES string of the molecule is COC(=O)C1c2cc(S(=O)(=O)N3CCCNC(=O)C3)c(OC)cc2CCN1C(=O)c1ccc(OC)cc1. The van der Waals surface area contributed by atoms with E-state index >= 15 is 0 Å². The molecule has 4 rings (SSSR count). The number of carbonyl (C=O) groups is 3. The minimum Gasteiger partial charge on any atom is -0.497 e. The van der Waals surface area contributed by atoms with Crippen molar-refractivity contribution in [3.63, 3.8) is 0 Å². The van der Waals surface area contributed by atoms with E-state index < -0.39 is 33.8 Å². The minimum absolute atomic E-state index is 0.0990. The quantitative estimate of drug-likeness (QED) is 0.549. The highest BCUT2D eigenvalue weighted by molar-refractivity contribution is 7.89. The van der Waals surface area contributed by atoms with E-state index in [4.69, 9.17) is 14.2 Å². The van der Waals surface area contributed by atoms with Gasteiger partial charge in [0.05, 0.1) is 27.9 Å². The zero-order valence-electron chi connectivity index (χ0n) is 20.9. The predicted molar refractivity (Wildman–Crippen MR) is 132 cm³/mol. The summed E-state index contributed by atoms with van der Waals surface area (Å²) in [4.78, 5) is 39.7. The number of benzene rings is 2. The van der Waals surface area contributed by atoms with Gasteiger partial charge in [-0.05, 0) is 60.4 Å². The third kappa shape index (κ3) is 5.12. The molecule has 2 aromatic carbocycles. The van der Waals surface area contributed by atoms with E-state index in [9.17, 15) is 22.8 Å². The van der Waals surface area contributed by atoms with Gasteiger partial charge in [-0.3, -0.25) is 9.59 Å². The molecule has 0 bridgehead atoms. The molecule has 1 fully saturated rings. The Labute approximate surface area is 215 Å². The maximum atomic E-state index is 13.7. The van der Waals surface area contributed by atoms with Crippen LogP contribution in [0.15, 0.2) is 41.3 Å². The van der Waals surface area contributed by atoms with E-state index in [0.717, 1.165) is 4.31 Å². The first-order valence-corrected chi connectivity index (χ1v) is 13.2. The largest absolute Gasteiger partial charge is 0.497 e. The van der Waals surface area contributed by atoms with E-state index in [1.165, 1.54) is 32.3 Å². The van der Waals surface area contributed by atoms with Crippen molar-refractivity contribution in [2.45, 2.75) is 23.8 Å². The molecule has 2 heterocycles. The number of amides is 2. The average Bonchev–Trinajstić information content (AvgIpc) is 3.15. The zero-order valence-corrected chi connectivity index (χ0v) is 21.7. The molecular weight excluding hydrogens is 502 g/mol. The monoisotopic (exact) mass is 531 g/mol. The third-order valence-corrected chi connectivity index (χ3v) is 8.39. The fourth-order valence-corrected chi connectivity index (χ4v) is 6.20. The number of hydrogen-bond donors (Lipinski definition) is 1. The Morgan fingerprint density at radius 3 is 2.41 bits per heavy atom. The van der Waals surface area contributed by atoms with Crippen LogP contribution < -0.4 is 14.8 Å². The van der Waals surface area contributed by atoms with Gasteiger partial charge in [-0.2, -0.15) is 4.31 Å². The van der Waals surface area contributed by atoms with Crippen molar-refractivity contribution >= 4 is 27.8 Å². The summed E-state index contributed by atoms with van der Waals surface area (Å²) in [6.45, 7) is 0.396. The molecule has 0 spiro atoms. The Balaban J connectivity index is 1.79. The second-order valence-corrected chi connectivity index (χ2v) is 10.6. The number of nitrogens with one attached hydrogen (secondary N) is 1. The molecule has 0 radical (unpaired) electrons. The van der Waals surface area contributed by atoms with E-state index in [0.29, 0.717) is 41.8 Å². The third-order valence-electron chi connectivity index (χ3n) is 6.52. The molecular formula is C25H29N3O8S. The zero-order chi connectivity index (χ0) is 26.7. The fraction of sp³-hybridized carbons (Fsp3) is 0.400. The van der Waals surface area contributed by atoms with Gasteiger partial charge in [0.15, 0.2) is 6.04 Å². The van der Waals surface area contributed by atoms with Crippen molar-refractivity contribution in [2.24, 2.45) is 0 Å². The van der Waals surface area contributed by atoms with E-state index in [-0.39, 0.29) is 30.3 Å². The Bertz CT molecular complexity index is 1310. The summed E-state index contributed by atoms with van der Waals surface area (Å²) in [5.41, 5.74) is 1.34. The van der Waals surface area contributed by atoms with Crippen LogP contribution in [0.1, 0.15) is 33.9 Å². The molecule has 1 unspecified atom stereocenters. The lowest BCUT2D eigenvalue weighted by Crippen LogP contribution is -2.44. The minimum atomic E-state index is -4.17. The summed E-state index contributed by atoms with van der Waals surface area (Å²) in [7, 11) is -0.0833. The number of rotatable bonds is 6. The van der Waals surface area contributed by atoms with E-state index in [1.54, 1.807) is 30.3 Å². The highest BCUT2D eigenvalue weighted by atomic mass is 32.2. The second kappa shape index (κ2) is 10.8. The highest BCUT2D eigenvalue weighted by Gasteiger charge is 2.40. The first-order chi connectivity index (χ1) is 17.7. The number of sulfonamides is 1. The number of carbonyl (C=O) groups excluding carboxylic acids is 3. The molecule has 2 aromatic rings. The Hall–Kier alpha value is -3.64. The van der Waals surface area contributed by atoms with Crippen molar-refractivity contribution in [2.75, 3.05) is 47.5 Å². The maximum absolute atomic E-state index is 13.7. The molecule has 0 aromatic heterocycles. The van der Waals surface area contributed by atoms with Gasteiger partial charge < -0.3 is 24.4 Å². The number of ether oxygens (including phenoxy) is 3. The van der Waals surface area contributed by atoms with Gasteiger partial charge in [-0.1, -0.05) is 0 Å². The van der Waals surface area contributed by atoms with Crippen LogP contribution in [0.3, 0.4) is 0 Å². The van der Waals surface area contributed by atoms with Crippen LogP contribution in [0.25, 0.3) is 0 Å². The van der Waals surface area contributed by atoms with Crippen LogP contribution in [0.2, 0.25) is 0 Å². The molecule has 1 saturated heterocycles. The van der Waals surface area contributed by atoms with Gasteiger partial charge in [-0.15, -0.1) is 0 Å². The first kappa shape index (κ1) is 26.4. The Morgan fingerprint density at radius 1 is 1.03 bits per heavy atom. The van der Waals surface area contributed by atoms with Crippen LogP contribution in [-0.4, -0.2) is 82.9 Å². The van der Waals surface area contributed by atoms with Crippen LogP contribution in [-0.2, 0) is 30.8 Å². The standard InChI is InChI=1S/C25H29N3O8S/c1-34-18-7-5-16(6-8-18)24(30)28-12-9-17-13-20(35-2)21(14-19(17)23(28)25(31)36-3)37(32,33)27-11-4-10-26-22(29)15-27/h5-8,13-14,23H,4,9-12,15H2,1-3H3,(H,26,29). The average molecular weight is 532 g/mol. The van der Waals surface area contributed by atoms with Crippen LogP contribution in [0, 0.1) is 0 Å². The Kier molecular flexibility index (Phi) is 7.69. The number of esters is 1. The van der Waals surface area contributed by atoms with Crippen molar-refractivity contribution in [3.8, 4) is 11.5 Å². The maximum Gasteiger partial charge on any atom is 0.333 e. The van der Waals surface area contributed by atoms with E-state index in [2.05, 4.69) is 5.32 Å². The van der Waals surface area contributed by atoms with Gasteiger partial charge in [0.25, 0.3) is 5.91 Å². The summed E-state index contributed by atoms with van der Waals surface area (Å²) in [5, 5.41) is 2.66. The summed E-state index contributed by atoms with van der Waals surface area (Å²) in [6.07, 6.45) is 0.820. The summed E-state index contributed by atoms with van der Waals surface area (Å²) in [6, 6.07) is 8.25. The van der Waals surface area contributed by atoms with Gasteiger partial charge >= 0.3 is 5.97 Å². The molecule has 2 amide bonds. The smallest absolute Gasteiger partial charge is 0.333 e. The predicted octanol–water partition coefficient (Wildman–Crippen LogP) is 1.13. The molecule has 11 nitrogen and oxygen atoms in total. The number of nitrogens with zero attached hydrogens (tertiary/aromatic N) is 2. The van der Waals surface area contributed by atoms with Crippen LogP contribution in [0.5, 0.6) is 11.5 Å². The van der Waals surface area contributed by atoms with Crippen LogP contribution >= 0.6 is 0 Å². The second-order valence-electron chi connectivity index (χ2n) is 8.65. The van der Waals surface area contributed by atoms with Gasteiger partial charge in [0.1, 0.15) is 16.4 Å². The topological polar surface area (TPSA) is 132 Å². The normalized spacial score (nSPS) is 18.3. The summed E-state index contributed by atoms with van der Waals surface area (Å²) in [5.74, 6) is -0.837. The molecule has 1 N–H and O–H groups in total. The lowest BCUT2D eigenvalue weighted by atomic mass is 9.91. The number of methoxy groups -OCH3 is 3. The Morgan fingerprint density at radius 2 is 1.76 bits per heavy atom. The lowest BCUT2D eigenvalue weighted by Gasteiger charge is -2.36. The molecule has 2 aliphatic rings. The fourth-order valence-electron chi connectivity index (χ4n) is 4.59. The van der Waals surface area contributed by atoms with Gasteiger partial charge in [0.2, 0.25) is 15.9 Å². The lowest BCUT2D eigenvalue weighted by molar-refractivity contribution is -0.146. The van der Waals surface area contributed by atoms with Crippen molar-refractivity contribution < 1.29 is 37.0 Å². The number of fused-ring (bicyclic) bond motifs is 1. The molecule has 0 saturated carbocycles. The van der Waals surface area contributed by atoms with Crippen molar-refractivity contribution in [1.29, 1.82) is 0 Å². The molecule has 12 heteroatoms. The van der Waals surface area contributed by atoms with Crippen molar-refractivity contribution in [1.82, 2.24) is 14.5 Å². The molecule has 198 valence electrons. The first-order valence-electron chi connectivity index (χ1n) is 11.7.